The number of nitrogens with zero attached hydrogens (tertiary/aromatic N) is 2. The van der Waals surface area contributed by atoms with Crippen LogP contribution >= 0.6 is 0 Å². The van der Waals surface area contributed by atoms with Crippen molar-refractivity contribution in [2.45, 2.75) is 33.0 Å². The molecule has 0 saturated carbocycles. The number of hydrogen-bond acceptors (Lipinski definition) is 4. The van der Waals surface area contributed by atoms with Crippen LogP contribution in [0.1, 0.15) is 31.1 Å². The number of alkyl halides is 3. The van der Waals surface area contributed by atoms with Crippen LogP contribution in [0.15, 0.2) is 18.3 Å². The van der Waals surface area contributed by atoms with Crippen LogP contribution in [0.5, 0.6) is 0 Å². The summed E-state index contributed by atoms with van der Waals surface area (Å²) < 4.78 is 42.3. The van der Waals surface area contributed by atoms with Crippen molar-refractivity contribution in [3.63, 3.8) is 0 Å². The highest BCUT2D eigenvalue weighted by molar-refractivity contribution is 5.89. The van der Waals surface area contributed by atoms with Crippen LogP contribution in [0.3, 0.4) is 0 Å². The van der Waals surface area contributed by atoms with Crippen molar-refractivity contribution in [3.8, 4) is 0 Å². The van der Waals surface area contributed by atoms with E-state index in [0.717, 1.165) is 4.90 Å². The van der Waals surface area contributed by atoms with Gasteiger partial charge >= 0.3 is 12.1 Å². The molecule has 1 rings (SSSR count). The number of pyridine rings is 1. The monoisotopic (exact) mass is 290 g/mol. The second kappa shape index (κ2) is 6.58. The van der Waals surface area contributed by atoms with Gasteiger partial charge in [0.25, 0.3) is 0 Å². The molecular weight excluding hydrogens is 273 g/mol. The molecule has 7 heteroatoms. The molecule has 1 heterocycles. The average Bonchev–Trinajstić information content (AvgIpc) is 2.35. The molecule has 1 aromatic heterocycles. The first kappa shape index (κ1) is 16.3. The summed E-state index contributed by atoms with van der Waals surface area (Å²) >= 11 is 0. The van der Waals surface area contributed by atoms with Crippen molar-refractivity contribution in [2.24, 2.45) is 0 Å². The summed E-state index contributed by atoms with van der Waals surface area (Å²) in [7, 11) is 0. The van der Waals surface area contributed by atoms with Crippen molar-refractivity contribution in [2.75, 3.05) is 18.1 Å². The molecule has 0 aliphatic carbocycles. The zero-order valence-electron chi connectivity index (χ0n) is 11.6. The maximum atomic E-state index is 12.5. The fourth-order valence-electron chi connectivity index (χ4n) is 1.61. The number of halogens is 3. The molecule has 0 aromatic carbocycles. The highest BCUT2D eigenvalue weighted by atomic mass is 19.4. The van der Waals surface area contributed by atoms with Crippen molar-refractivity contribution >= 4 is 11.8 Å². The van der Waals surface area contributed by atoms with Gasteiger partial charge in [-0.25, -0.2) is 9.78 Å². The summed E-state index contributed by atoms with van der Waals surface area (Å²) in [5.74, 6) is -0.371. The number of rotatable bonds is 5. The van der Waals surface area contributed by atoms with Gasteiger partial charge in [0.15, 0.2) is 0 Å². The quantitative estimate of drug-likeness (QED) is 0.782. The standard InChI is InChI=1S/C13H17F3N2O2/c1-4-20-12(19)10-5-6-11(17-7-10)18(9(2)3)8-13(14,15)16/h5-7,9H,4,8H2,1-3H3. The minimum Gasteiger partial charge on any atom is -0.462 e. The van der Waals surface area contributed by atoms with Gasteiger partial charge in [0.1, 0.15) is 12.4 Å². The summed E-state index contributed by atoms with van der Waals surface area (Å²) in [6.07, 6.45) is -3.09. The fraction of sp³-hybridized carbons (Fsp3) is 0.538. The Morgan fingerprint density at radius 2 is 2.05 bits per heavy atom. The lowest BCUT2D eigenvalue weighted by atomic mass is 10.2. The third-order valence-electron chi connectivity index (χ3n) is 2.53. The molecular formula is C13H17F3N2O2. The topological polar surface area (TPSA) is 42.4 Å². The third-order valence-corrected chi connectivity index (χ3v) is 2.53. The minimum absolute atomic E-state index is 0.172. The number of ether oxygens (including phenoxy) is 1. The van der Waals surface area contributed by atoms with Gasteiger partial charge in [-0.1, -0.05) is 0 Å². The first-order valence-electron chi connectivity index (χ1n) is 6.21. The van der Waals surface area contributed by atoms with E-state index < -0.39 is 18.7 Å². The van der Waals surface area contributed by atoms with Crippen LogP contribution in [-0.2, 0) is 4.74 Å². The highest BCUT2D eigenvalue weighted by Gasteiger charge is 2.32. The highest BCUT2D eigenvalue weighted by Crippen LogP contribution is 2.22. The number of esters is 1. The van der Waals surface area contributed by atoms with Gasteiger partial charge in [-0.2, -0.15) is 13.2 Å². The Morgan fingerprint density at radius 1 is 1.40 bits per heavy atom. The van der Waals surface area contributed by atoms with E-state index in [2.05, 4.69) is 4.98 Å². The molecule has 0 atom stereocenters. The summed E-state index contributed by atoms with van der Waals surface area (Å²) in [6, 6.07) is 2.43. The molecule has 0 fully saturated rings. The van der Waals surface area contributed by atoms with Crippen LogP contribution in [0.2, 0.25) is 0 Å². The number of anilines is 1. The predicted octanol–water partition coefficient (Wildman–Crippen LogP) is 3.04. The zero-order valence-corrected chi connectivity index (χ0v) is 11.6. The van der Waals surface area contributed by atoms with Gasteiger partial charge in [-0.15, -0.1) is 0 Å². The van der Waals surface area contributed by atoms with Crippen molar-refractivity contribution in [1.29, 1.82) is 0 Å². The van der Waals surface area contributed by atoms with Gasteiger partial charge in [-0.05, 0) is 32.9 Å². The molecule has 20 heavy (non-hydrogen) atoms. The van der Waals surface area contributed by atoms with Gasteiger partial charge < -0.3 is 9.64 Å². The van der Waals surface area contributed by atoms with E-state index in [1.54, 1.807) is 20.8 Å². The molecule has 0 amide bonds. The minimum atomic E-state index is -4.31. The van der Waals surface area contributed by atoms with E-state index in [1.807, 2.05) is 0 Å². The van der Waals surface area contributed by atoms with Crippen molar-refractivity contribution in [3.05, 3.63) is 23.9 Å². The number of aromatic nitrogens is 1. The van der Waals surface area contributed by atoms with Gasteiger partial charge in [-0.3, -0.25) is 0 Å². The average molecular weight is 290 g/mol. The number of hydrogen-bond donors (Lipinski definition) is 0. The SMILES string of the molecule is CCOC(=O)c1ccc(N(CC(F)(F)F)C(C)C)nc1. The first-order valence-corrected chi connectivity index (χ1v) is 6.21. The van der Waals surface area contributed by atoms with E-state index >= 15 is 0 Å². The van der Waals surface area contributed by atoms with E-state index in [1.165, 1.54) is 18.3 Å². The molecule has 0 aliphatic heterocycles. The largest absolute Gasteiger partial charge is 0.462 e. The smallest absolute Gasteiger partial charge is 0.405 e. The Hall–Kier alpha value is -1.79. The second-order valence-corrected chi connectivity index (χ2v) is 4.46. The maximum absolute atomic E-state index is 12.5. The zero-order chi connectivity index (χ0) is 15.3. The summed E-state index contributed by atoms with van der Waals surface area (Å²) in [6.45, 7) is 4.10. The maximum Gasteiger partial charge on any atom is 0.405 e. The second-order valence-electron chi connectivity index (χ2n) is 4.46. The molecule has 4 nitrogen and oxygen atoms in total. The lowest BCUT2D eigenvalue weighted by Gasteiger charge is -2.28. The van der Waals surface area contributed by atoms with Gasteiger partial charge in [0.2, 0.25) is 0 Å². The van der Waals surface area contributed by atoms with Gasteiger partial charge in [0, 0.05) is 12.2 Å². The number of carbonyl (C=O) groups excluding carboxylic acids is 1. The molecule has 0 aliphatic rings. The van der Waals surface area contributed by atoms with E-state index in [9.17, 15) is 18.0 Å². The van der Waals surface area contributed by atoms with Crippen LogP contribution < -0.4 is 4.90 Å². The Kier molecular flexibility index (Phi) is 5.35. The number of carbonyl (C=O) groups is 1. The van der Waals surface area contributed by atoms with Gasteiger partial charge in [0.05, 0.1) is 12.2 Å². The lowest BCUT2D eigenvalue weighted by Crippen LogP contribution is -2.39. The van der Waals surface area contributed by atoms with Crippen LogP contribution in [0.25, 0.3) is 0 Å². The summed E-state index contributed by atoms with van der Waals surface area (Å²) in [5, 5.41) is 0. The van der Waals surface area contributed by atoms with E-state index in [0.29, 0.717) is 0 Å². The Bertz CT molecular complexity index is 444. The van der Waals surface area contributed by atoms with E-state index in [-0.39, 0.29) is 24.0 Å². The van der Waals surface area contributed by atoms with E-state index in [4.69, 9.17) is 4.74 Å². The molecule has 0 bridgehead atoms. The van der Waals surface area contributed by atoms with Crippen LogP contribution in [-0.4, -0.2) is 36.3 Å². The summed E-state index contributed by atoms with van der Waals surface area (Å²) in [5.41, 5.74) is 0.214. The third kappa shape index (κ3) is 4.71. The molecule has 1 aromatic rings. The molecule has 0 unspecified atom stereocenters. The van der Waals surface area contributed by atoms with Crippen molar-refractivity contribution < 1.29 is 22.7 Å². The predicted molar refractivity (Wildman–Crippen MR) is 68.7 cm³/mol. The van der Waals surface area contributed by atoms with Crippen LogP contribution in [0, 0.1) is 0 Å². The molecule has 0 N–H and O–H groups in total. The molecule has 0 spiro atoms. The molecule has 0 saturated heterocycles. The Balaban J connectivity index is 2.91. The molecule has 0 radical (unpaired) electrons. The Labute approximate surface area is 115 Å². The first-order chi connectivity index (χ1) is 9.24. The summed E-state index contributed by atoms with van der Waals surface area (Å²) in [4.78, 5) is 16.5. The van der Waals surface area contributed by atoms with Crippen LogP contribution in [0.4, 0.5) is 19.0 Å². The normalized spacial score (nSPS) is 11.6. The van der Waals surface area contributed by atoms with Crippen molar-refractivity contribution in [1.82, 2.24) is 4.98 Å². The lowest BCUT2D eigenvalue weighted by molar-refractivity contribution is -0.120. The Morgan fingerprint density at radius 3 is 2.45 bits per heavy atom. The fourth-order valence-corrected chi connectivity index (χ4v) is 1.61. The molecule has 112 valence electrons.